The van der Waals surface area contributed by atoms with Crippen molar-refractivity contribution in [3.8, 4) is 11.5 Å². The average molecular weight is 364 g/mol. The Morgan fingerprint density at radius 2 is 2.08 bits per heavy atom. The van der Waals surface area contributed by atoms with Gasteiger partial charge in [-0.05, 0) is 41.9 Å². The highest BCUT2D eigenvalue weighted by Gasteiger charge is 2.12. The van der Waals surface area contributed by atoms with E-state index in [2.05, 4.69) is 30.1 Å². The van der Waals surface area contributed by atoms with E-state index < -0.39 is 0 Å². The fourth-order valence-corrected chi connectivity index (χ4v) is 2.87. The van der Waals surface area contributed by atoms with Gasteiger partial charge in [0.15, 0.2) is 11.6 Å². The van der Waals surface area contributed by atoms with Gasteiger partial charge >= 0.3 is 0 Å². The van der Waals surface area contributed by atoms with Gasteiger partial charge < -0.3 is 9.47 Å². The van der Waals surface area contributed by atoms with Gasteiger partial charge in [-0.1, -0.05) is 30.4 Å². The van der Waals surface area contributed by atoms with Crippen molar-refractivity contribution in [1.29, 1.82) is 0 Å². The Labute approximate surface area is 154 Å². The van der Waals surface area contributed by atoms with Crippen LogP contribution in [0.25, 0.3) is 6.08 Å². The molecule has 0 bridgehead atoms. The van der Waals surface area contributed by atoms with Crippen LogP contribution in [-0.4, -0.2) is 32.2 Å². The van der Waals surface area contributed by atoms with Crippen LogP contribution in [0.2, 0.25) is 0 Å². The third-order valence-electron chi connectivity index (χ3n) is 4.11. The number of methoxy groups -OCH3 is 1. The van der Waals surface area contributed by atoms with Crippen LogP contribution in [0.1, 0.15) is 16.7 Å². The summed E-state index contributed by atoms with van der Waals surface area (Å²) in [5.74, 6) is 0.945. The molecular weight excluding hydrogens is 341 g/mol. The number of hydrogen-bond acceptors (Lipinski definition) is 3. The summed E-state index contributed by atoms with van der Waals surface area (Å²) in [7, 11) is 3.54. The van der Waals surface area contributed by atoms with Gasteiger partial charge in [-0.15, -0.1) is 12.4 Å². The zero-order valence-corrected chi connectivity index (χ0v) is 15.3. The van der Waals surface area contributed by atoms with E-state index in [0.717, 1.165) is 37.4 Å². The van der Waals surface area contributed by atoms with Gasteiger partial charge in [-0.25, -0.2) is 4.39 Å². The van der Waals surface area contributed by atoms with Crippen molar-refractivity contribution in [2.24, 2.45) is 0 Å². The Balaban J connectivity index is 0.00000225. The third kappa shape index (κ3) is 4.97. The number of rotatable bonds is 6. The van der Waals surface area contributed by atoms with E-state index >= 15 is 0 Å². The molecule has 2 aromatic carbocycles. The highest BCUT2D eigenvalue weighted by atomic mass is 35.5. The molecule has 0 atom stereocenters. The van der Waals surface area contributed by atoms with Crippen molar-refractivity contribution in [3.05, 3.63) is 65.0 Å². The zero-order chi connectivity index (χ0) is 16.9. The molecule has 0 saturated heterocycles. The Kier molecular flexibility index (Phi) is 6.85. The summed E-state index contributed by atoms with van der Waals surface area (Å²) >= 11 is 0. The minimum Gasteiger partial charge on any atom is -0.494 e. The normalized spacial score (nSPS) is 12.8. The molecule has 3 nitrogen and oxygen atoms in total. The number of benzene rings is 2. The maximum absolute atomic E-state index is 13.7. The van der Waals surface area contributed by atoms with Gasteiger partial charge in [-0.2, -0.15) is 0 Å². The van der Waals surface area contributed by atoms with E-state index in [1.165, 1.54) is 24.3 Å². The fourth-order valence-electron chi connectivity index (χ4n) is 2.87. The van der Waals surface area contributed by atoms with E-state index in [1.54, 1.807) is 6.07 Å². The van der Waals surface area contributed by atoms with E-state index in [4.69, 9.17) is 9.47 Å². The van der Waals surface area contributed by atoms with E-state index in [1.807, 2.05) is 18.2 Å². The summed E-state index contributed by atoms with van der Waals surface area (Å²) in [4.78, 5) is 2.22. The van der Waals surface area contributed by atoms with Crippen LogP contribution >= 0.6 is 12.4 Å². The van der Waals surface area contributed by atoms with Gasteiger partial charge in [0.25, 0.3) is 0 Å². The molecule has 1 aliphatic heterocycles. The van der Waals surface area contributed by atoms with Crippen LogP contribution in [0.5, 0.6) is 11.5 Å². The molecule has 0 saturated carbocycles. The molecule has 3 rings (SSSR count). The lowest BCUT2D eigenvalue weighted by Crippen LogP contribution is -2.17. The van der Waals surface area contributed by atoms with Crippen molar-refractivity contribution in [1.82, 2.24) is 4.90 Å². The predicted octanol–water partition coefficient (Wildman–Crippen LogP) is 4.34. The quantitative estimate of drug-likeness (QED) is 0.762. The lowest BCUT2D eigenvalue weighted by molar-refractivity contribution is 0.356. The highest BCUT2D eigenvalue weighted by Crippen LogP contribution is 2.26. The third-order valence-corrected chi connectivity index (χ3v) is 4.11. The largest absolute Gasteiger partial charge is 0.494 e. The lowest BCUT2D eigenvalue weighted by Gasteiger charge is -2.15. The second-order valence-electron chi connectivity index (χ2n) is 6.03. The van der Waals surface area contributed by atoms with Crippen molar-refractivity contribution in [3.63, 3.8) is 0 Å². The smallest absolute Gasteiger partial charge is 0.165 e. The molecule has 5 heteroatoms. The standard InChI is InChI=1S/C20H22FNO2.ClH/c1-22(14-16-6-7-19-17(12-16)9-11-24-19)10-3-4-15-5-8-20(23-2)18(21)13-15;/h3-8,12-13H,9-11,14H2,1-2H3;1H/b4-3+;. The van der Waals surface area contributed by atoms with E-state index in [0.29, 0.717) is 0 Å². The van der Waals surface area contributed by atoms with Gasteiger partial charge in [0.1, 0.15) is 5.75 Å². The number of nitrogens with zero attached hydrogens (tertiary/aromatic N) is 1. The number of ether oxygens (including phenoxy) is 2. The molecule has 2 aromatic rings. The molecule has 0 N–H and O–H groups in total. The van der Waals surface area contributed by atoms with Crippen molar-refractivity contribution < 1.29 is 13.9 Å². The van der Waals surface area contributed by atoms with Crippen LogP contribution in [0, 0.1) is 5.82 Å². The molecule has 134 valence electrons. The van der Waals surface area contributed by atoms with E-state index in [-0.39, 0.29) is 24.0 Å². The SMILES string of the molecule is COc1ccc(/C=C/CN(C)Cc2ccc3c(c2)CCO3)cc1F.Cl. The highest BCUT2D eigenvalue weighted by molar-refractivity contribution is 5.85. The minimum absolute atomic E-state index is 0. The first-order chi connectivity index (χ1) is 11.7. The summed E-state index contributed by atoms with van der Waals surface area (Å²) in [5, 5.41) is 0. The summed E-state index contributed by atoms with van der Waals surface area (Å²) in [6, 6.07) is 11.4. The van der Waals surface area contributed by atoms with Gasteiger partial charge in [0.2, 0.25) is 0 Å². The molecule has 25 heavy (non-hydrogen) atoms. The molecule has 0 aliphatic carbocycles. The first kappa shape index (κ1) is 19.3. The monoisotopic (exact) mass is 363 g/mol. The maximum Gasteiger partial charge on any atom is 0.165 e. The van der Waals surface area contributed by atoms with Gasteiger partial charge in [-0.3, -0.25) is 4.90 Å². The molecule has 0 unspecified atom stereocenters. The predicted molar refractivity (Wildman–Crippen MR) is 101 cm³/mol. The molecule has 1 aliphatic rings. The van der Waals surface area contributed by atoms with Crippen LogP contribution in [-0.2, 0) is 13.0 Å². The fraction of sp³-hybridized carbons (Fsp3) is 0.300. The minimum atomic E-state index is -0.339. The summed E-state index contributed by atoms with van der Waals surface area (Å²) in [6.07, 6.45) is 4.96. The van der Waals surface area contributed by atoms with Gasteiger partial charge in [0.05, 0.1) is 13.7 Å². The Morgan fingerprint density at radius 3 is 2.84 bits per heavy atom. The first-order valence-electron chi connectivity index (χ1n) is 8.09. The molecule has 0 radical (unpaired) electrons. The molecule has 0 fully saturated rings. The summed E-state index contributed by atoms with van der Waals surface area (Å²) in [6.45, 7) is 2.45. The molecular formula is C20H23ClFNO2. The zero-order valence-electron chi connectivity index (χ0n) is 14.5. The Bertz CT molecular complexity index is 748. The molecule has 1 heterocycles. The second-order valence-corrected chi connectivity index (χ2v) is 6.03. The number of likely N-dealkylation sites (N-methyl/N-ethyl adjacent to an activating group) is 1. The molecule has 0 amide bonds. The van der Waals surface area contributed by atoms with Crippen LogP contribution in [0.3, 0.4) is 0 Å². The molecule has 0 spiro atoms. The summed E-state index contributed by atoms with van der Waals surface area (Å²) in [5.41, 5.74) is 3.41. The number of halogens is 2. The van der Waals surface area contributed by atoms with Crippen molar-refractivity contribution >= 4 is 18.5 Å². The van der Waals surface area contributed by atoms with Crippen LogP contribution < -0.4 is 9.47 Å². The van der Waals surface area contributed by atoms with Crippen molar-refractivity contribution in [2.45, 2.75) is 13.0 Å². The topological polar surface area (TPSA) is 21.7 Å². The summed E-state index contributed by atoms with van der Waals surface area (Å²) < 4.78 is 24.1. The van der Waals surface area contributed by atoms with Gasteiger partial charge in [0, 0.05) is 19.5 Å². The van der Waals surface area contributed by atoms with Crippen molar-refractivity contribution in [2.75, 3.05) is 27.3 Å². The maximum atomic E-state index is 13.7. The number of fused-ring (bicyclic) bond motifs is 1. The lowest BCUT2D eigenvalue weighted by atomic mass is 10.1. The Morgan fingerprint density at radius 1 is 1.24 bits per heavy atom. The average Bonchev–Trinajstić information content (AvgIpc) is 3.02. The van der Waals surface area contributed by atoms with Crippen LogP contribution in [0.4, 0.5) is 4.39 Å². The Hall–Kier alpha value is -2.04. The number of hydrogen-bond donors (Lipinski definition) is 0. The second kappa shape index (κ2) is 8.88. The van der Waals surface area contributed by atoms with Crippen LogP contribution in [0.15, 0.2) is 42.5 Å². The first-order valence-corrected chi connectivity index (χ1v) is 8.09. The molecule has 0 aromatic heterocycles. The van der Waals surface area contributed by atoms with E-state index in [9.17, 15) is 4.39 Å².